The molecule has 1 aliphatic heterocycles. The lowest BCUT2D eigenvalue weighted by Gasteiger charge is -2.16. The molecule has 6 heteroatoms. The minimum atomic E-state index is -0.333. The van der Waals surface area contributed by atoms with Crippen molar-refractivity contribution in [2.75, 3.05) is 26.3 Å². The minimum Gasteiger partial charge on any atom is -0.462 e. The number of hydrogen-bond acceptors (Lipinski definition) is 5. The maximum Gasteiger partial charge on any atom is 0.338 e. The van der Waals surface area contributed by atoms with E-state index in [1.54, 1.807) is 24.3 Å². The Labute approximate surface area is 171 Å². The third-order valence-electron chi connectivity index (χ3n) is 4.38. The SMILES string of the molecule is Cl.O=C(OCC1=CCNCC(COC(=O)c2ccccc2)C1)c1ccccc1. The average Bonchev–Trinajstić information content (AvgIpc) is 2.96. The molecule has 3 rings (SSSR count). The molecule has 0 fully saturated rings. The number of ether oxygens (including phenoxy) is 2. The van der Waals surface area contributed by atoms with E-state index in [9.17, 15) is 9.59 Å². The van der Waals surface area contributed by atoms with Gasteiger partial charge in [-0.1, -0.05) is 42.5 Å². The number of benzene rings is 2. The Morgan fingerprint density at radius 3 is 2.07 bits per heavy atom. The van der Waals surface area contributed by atoms with Gasteiger partial charge in [-0.15, -0.1) is 12.4 Å². The lowest BCUT2D eigenvalue weighted by Crippen LogP contribution is -2.25. The number of nitrogens with one attached hydrogen (secondary N) is 1. The maximum absolute atomic E-state index is 12.1. The zero-order valence-corrected chi connectivity index (χ0v) is 16.3. The summed E-state index contributed by atoms with van der Waals surface area (Å²) in [5, 5.41) is 3.30. The third-order valence-corrected chi connectivity index (χ3v) is 4.38. The van der Waals surface area contributed by atoms with Crippen LogP contribution in [0.3, 0.4) is 0 Å². The molecular formula is C22H24ClNO4. The predicted octanol–water partition coefficient (Wildman–Crippen LogP) is 3.66. The van der Waals surface area contributed by atoms with Crippen LogP contribution in [-0.2, 0) is 9.47 Å². The fourth-order valence-corrected chi connectivity index (χ4v) is 2.93. The second-order valence-corrected chi connectivity index (χ2v) is 6.50. The van der Waals surface area contributed by atoms with Crippen LogP contribution in [0.2, 0.25) is 0 Å². The van der Waals surface area contributed by atoms with Crippen LogP contribution in [0.25, 0.3) is 0 Å². The van der Waals surface area contributed by atoms with Crippen LogP contribution in [0.1, 0.15) is 27.1 Å². The van der Waals surface area contributed by atoms with E-state index in [-0.39, 0.29) is 36.9 Å². The molecule has 0 bridgehead atoms. The lowest BCUT2D eigenvalue weighted by atomic mass is 10.0. The molecule has 2 aromatic carbocycles. The highest BCUT2D eigenvalue weighted by molar-refractivity contribution is 5.89. The van der Waals surface area contributed by atoms with Gasteiger partial charge in [0.2, 0.25) is 0 Å². The Morgan fingerprint density at radius 1 is 0.893 bits per heavy atom. The first kappa shape index (κ1) is 21.7. The van der Waals surface area contributed by atoms with E-state index in [1.165, 1.54) is 0 Å². The van der Waals surface area contributed by atoms with Gasteiger partial charge in [0.05, 0.1) is 17.7 Å². The zero-order chi connectivity index (χ0) is 18.9. The molecular weight excluding hydrogens is 378 g/mol. The molecule has 0 aromatic heterocycles. The first-order valence-electron chi connectivity index (χ1n) is 9.05. The summed E-state index contributed by atoms with van der Waals surface area (Å²) in [4.78, 5) is 24.2. The van der Waals surface area contributed by atoms with Crippen molar-refractivity contribution in [3.05, 3.63) is 83.4 Å². The third kappa shape index (κ3) is 6.51. The Hall–Kier alpha value is -2.63. The Morgan fingerprint density at radius 2 is 1.46 bits per heavy atom. The van der Waals surface area contributed by atoms with Crippen LogP contribution in [0.4, 0.5) is 0 Å². The molecule has 2 aromatic rings. The van der Waals surface area contributed by atoms with Gasteiger partial charge in [-0.25, -0.2) is 9.59 Å². The van der Waals surface area contributed by atoms with Crippen LogP contribution in [0, 0.1) is 5.92 Å². The molecule has 1 unspecified atom stereocenters. The molecule has 28 heavy (non-hydrogen) atoms. The average molecular weight is 402 g/mol. The highest BCUT2D eigenvalue weighted by Gasteiger charge is 2.18. The number of carbonyl (C=O) groups is 2. The largest absolute Gasteiger partial charge is 0.462 e. The van der Waals surface area contributed by atoms with Crippen molar-refractivity contribution in [2.45, 2.75) is 6.42 Å². The van der Waals surface area contributed by atoms with Crippen molar-refractivity contribution in [1.82, 2.24) is 5.32 Å². The normalized spacial score (nSPS) is 16.1. The molecule has 1 heterocycles. The smallest absolute Gasteiger partial charge is 0.338 e. The van der Waals surface area contributed by atoms with Gasteiger partial charge in [0.15, 0.2) is 0 Å². The predicted molar refractivity (Wildman–Crippen MR) is 110 cm³/mol. The van der Waals surface area contributed by atoms with Gasteiger partial charge in [0, 0.05) is 19.0 Å². The number of carbonyl (C=O) groups excluding carboxylic acids is 2. The molecule has 0 radical (unpaired) electrons. The van der Waals surface area contributed by atoms with E-state index in [0.717, 1.165) is 18.5 Å². The number of rotatable bonds is 6. The Kier molecular flexibility index (Phi) is 8.72. The molecule has 1 atom stereocenters. The van der Waals surface area contributed by atoms with E-state index in [1.807, 2.05) is 42.5 Å². The fourth-order valence-electron chi connectivity index (χ4n) is 2.93. The molecule has 148 valence electrons. The summed E-state index contributed by atoms with van der Waals surface area (Å²) in [7, 11) is 0. The van der Waals surface area contributed by atoms with Crippen LogP contribution in [0.15, 0.2) is 72.3 Å². The molecule has 0 saturated heterocycles. The van der Waals surface area contributed by atoms with Gasteiger partial charge >= 0.3 is 11.9 Å². The molecule has 0 aliphatic carbocycles. The van der Waals surface area contributed by atoms with Crippen LogP contribution >= 0.6 is 12.4 Å². The summed E-state index contributed by atoms with van der Waals surface area (Å²) in [5.74, 6) is -0.511. The van der Waals surface area contributed by atoms with Crippen molar-refractivity contribution >= 4 is 24.3 Å². The first-order valence-corrected chi connectivity index (χ1v) is 9.05. The zero-order valence-electron chi connectivity index (χ0n) is 15.5. The molecule has 1 aliphatic rings. The van der Waals surface area contributed by atoms with E-state index in [4.69, 9.17) is 9.47 Å². The summed E-state index contributed by atoms with van der Waals surface area (Å²) in [5.41, 5.74) is 2.12. The Balaban J connectivity index is 0.00000280. The molecule has 5 nitrogen and oxygen atoms in total. The Bertz CT molecular complexity index is 793. The van der Waals surface area contributed by atoms with Gasteiger partial charge in [-0.05, 0) is 36.3 Å². The van der Waals surface area contributed by atoms with Crippen molar-refractivity contribution in [2.24, 2.45) is 5.92 Å². The number of halogens is 1. The monoisotopic (exact) mass is 401 g/mol. The number of esters is 2. The van der Waals surface area contributed by atoms with Gasteiger partial charge in [0.1, 0.15) is 6.61 Å². The molecule has 1 N–H and O–H groups in total. The van der Waals surface area contributed by atoms with E-state index >= 15 is 0 Å². The minimum absolute atomic E-state index is 0. The van der Waals surface area contributed by atoms with Crippen molar-refractivity contribution < 1.29 is 19.1 Å². The van der Waals surface area contributed by atoms with E-state index in [2.05, 4.69) is 5.32 Å². The van der Waals surface area contributed by atoms with E-state index < -0.39 is 0 Å². The fraction of sp³-hybridized carbons (Fsp3) is 0.273. The second kappa shape index (κ2) is 11.3. The van der Waals surface area contributed by atoms with Gasteiger partial charge < -0.3 is 14.8 Å². The highest BCUT2D eigenvalue weighted by Crippen LogP contribution is 2.16. The lowest BCUT2D eigenvalue weighted by molar-refractivity contribution is 0.0436. The summed E-state index contributed by atoms with van der Waals surface area (Å²) >= 11 is 0. The number of hydrogen-bond donors (Lipinski definition) is 1. The topological polar surface area (TPSA) is 64.6 Å². The first-order chi connectivity index (χ1) is 13.2. The van der Waals surface area contributed by atoms with Crippen LogP contribution in [-0.4, -0.2) is 38.2 Å². The van der Waals surface area contributed by atoms with Crippen LogP contribution in [0.5, 0.6) is 0 Å². The standard InChI is InChI=1S/C22H23NO4.ClH/c24-21(19-7-3-1-4-8-19)26-15-17-11-12-23-14-18(13-17)16-27-22(25)20-9-5-2-6-10-20;/h1-11,18,23H,12-16H2;1H. The van der Waals surface area contributed by atoms with Gasteiger partial charge in [-0.3, -0.25) is 0 Å². The van der Waals surface area contributed by atoms with Crippen LogP contribution < -0.4 is 5.32 Å². The van der Waals surface area contributed by atoms with Crippen molar-refractivity contribution in [1.29, 1.82) is 0 Å². The summed E-state index contributed by atoms with van der Waals surface area (Å²) in [6, 6.07) is 17.9. The van der Waals surface area contributed by atoms with Gasteiger partial charge in [0.25, 0.3) is 0 Å². The van der Waals surface area contributed by atoms with E-state index in [0.29, 0.717) is 24.3 Å². The molecule has 0 spiro atoms. The summed E-state index contributed by atoms with van der Waals surface area (Å²) < 4.78 is 10.9. The van der Waals surface area contributed by atoms with Crippen molar-refractivity contribution in [3.63, 3.8) is 0 Å². The summed E-state index contributed by atoms with van der Waals surface area (Å²) in [6.07, 6.45) is 2.76. The molecule has 0 amide bonds. The summed E-state index contributed by atoms with van der Waals surface area (Å²) in [6.45, 7) is 2.03. The second-order valence-electron chi connectivity index (χ2n) is 6.50. The molecule has 0 saturated carbocycles. The highest BCUT2D eigenvalue weighted by atomic mass is 35.5. The maximum atomic E-state index is 12.1. The van der Waals surface area contributed by atoms with Gasteiger partial charge in [-0.2, -0.15) is 0 Å². The van der Waals surface area contributed by atoms with Crippen molar-refractivity contribution in [3.8, 4) is 0 Å². The quantitative estimate of drug-likeness (QED) is 0.591.